The van der Waals surface area contributed by atoms with E-state index in [4.69, 9.17) is 9.15 Å². The van der Waals surface area contributed by atoms with E-state index in [-0.39, 0.29) is 11.8 Å². The molecule has 1 saturated heterocycles. The van der Waals surface area contributed by atoms with Gasteiger partial charge >= 0.3 is 0 Å². The molecule has 1 aliphatic heterocycles. The molecule has 6 nitrogen and oxygen atoms in total. The number of nitrogens with one attached hydrogen (secondary N) is 1. The average Bonchev–Trinajstić information content (AvgIpc) is 3.22. The van der Waals surface area contributed by atoms with Crippen LogP contribution in [0.4, 0.5) is 0 Å². The Hall–Kier alpha value is -2.08. The van der Waals surface area contributed by atoms with Crippen molar-refractivity contribution in [2.45, 2.75) is 26.8 Å². The third kappa shape index (κ3) is 2.92. The van der Waals surface area contributed by atoms with Crippen LogP contribution in [-0.4, -0.2) is 35.4 Å². The number of furan rings is 1. The first kappa shape index (κ1) is 14.8. The number of hydrogen-bond acceptors (Lipinski definition) is 4. The molecule has 1 amide bonds. The second kappa shape index (κ2) is 6.36. The molecular weight excluding hydrogens is 282 g/mol. The van der Waals surface area contributed by atoms with Crippen LogP contribution in [0.1, 0.15) is 17.8 Å². The Morgan fingerprint density at radius 1 is 1.50 bits per heavy atom. The second-order valence-corrected chi connectivity index (χ2v) is 5.60. The van der Waals surface area contributed by atoms with Crippen molar-refractivity contribution in [3.63, 3.8) is 0 Å². The molecule has 3 heterocycles. The van der Waals surface area contributed by atoms with Crippen molar-refractivity contribution in [3.8, 4) is 11.3 Å². The van der Waals surface area contributed by atoms with Crippen molar-refractivity contribution in [3.05, 3.63) is 29.8 Å². The van der Waals surface area contributed by atoms with Gasteiger partial charge in [-0.2, -0.15) is 5.10 Å². The van der Waals surface area contributed by atoms with Gasteiger partial charge in [0.2, 0.25) is 5.91 Å². The third-order valence-electron chi connectivity index (χ3n) is 4.07. The SMILES string of the molecule is Cc1nn(CCNC(=O)C2CCOC2)c(C)c1-c1ccco1. The molecule has 1 aliphatic rings. The predicted molar refractivity (Wildman–Crippen MR) is 81.3 cm³/mol. The van der Waals surface area contributed by atoms with Crippen LogP contribution in [0.2, 0.25) is 0 Å². The number of aryl methyl sites for hydroxylation is 1. The fourth-order valence-electron chi connectivity index (χ4n) is 2.86. The van der Waals surface area contributed by atoms with E-state index in [0.29, 0.717) is 26.3 Å². The van der Waals surface area contributed by atoms with Crippen LogP contribution in [0.25, 0.3) is 11.3 Å². The van der Waals surface area contributed by atoms with Gasteiger partial charge in [0.1, 0.15) is 5.76 Å². The third-order valence-corrected chi connectivity index (χ3v) is 4.07. The van der Waals surface area contributed by atoms with E-state index in [1.165, 1.54) is 0 Å². The van der Waals surface area contributed by atoms with Gasteiger partial charge in [-0.1, -0.05) is 0 Å². The lowest BCUT2D eigenvalue weighted by atomic mass is 10.1. The minimum atomic E-state index is -0.000802. The fourth-order valence-corrected chi connectivity index (χ4v) is 2.86. The summed E-state index contributed by atoms with van der Waals surface area (Å²) in [6.45, 7) is 6.41. The van der Waals surface area contributed by atoms with Crippen molar-refractivity contribution in [1.82, 2.24) is 15.1 Å². The number of aromatic nitrogens is 2. The number of ether oxygens (including phenoxy) is 1. The molecule has 22 heavy (non-hydrogen) atoms. The maximum Gasteiger partial charge on any atom is 0.225 e. The first-order chi connectivity index (χ1) is 10.7. The summed E-state index contributed by atoms with van der Waals surface area (Å²) in [5.74, 6) is 0.901. The topological polar surface area (TPSA) is 69.3 Å². The Morgan fingerprint density at radius 2 is 2.36 bits per heavy atom. The molecule has 0 bridgehead atoms. The summed E-state index contributed by atoms with van der Waals surface area (Å²) in [5, 5.41) is 7.50. The van der Waals surface area contributed by atoms with Crippen LogP contribution in [0.5, 0.6) is 0 Å². The molecule has 1 fully saturated rings. The highest BCUT2D eigenvalue weighted by Gasteiger charge is 2.23. The van der Waals surface area contributed by atoms with Gasteiger partial charge in [0.05, 0.1) is 36.6 Å². The summed E-state index contributed by atoms with van der Waals surface area (Å²) in [6.07, 6.45) is 2.48. The molecule has 0 aromatic carbocycles. The smallest absolute Gasteiger partial charge is 0.225 e. The summed E-state index contributed by atoms with van der Waals surface area (Å²) in [5.41, 5.74) is 3.01. The van der Waals surface area contributed by atoms with Crippen LogP contribution in [0, 0.1) is 19.8 Å². The first-order valence-electron chi connectivity index (χ1n) is 7.60. The van der Waals surface area contributed by atoms with Gasteiger partial charge in [-0.05, 0) is 32.4 Å². The molecule has 0 aliphatic carbocycles. The zero-order valence-electron chi connectivity index (χ0n) is 13.0. The highest BCUT2D eigenvalue weighted by molar-refractivity contribution is 5.78. The Kier molecular flexibility index (Phi) is 4.29. The molecule has 6 heteroatoms. The van der Waals surface area contributed by atoms with Crippen molar-refractivity contribution in [1.29, 1.82) is 0 Å². The minimum absolute atomic E-state index is 0.000802. The van der Waals surface area contributed by atoms with Gasteiger partial charge in [0, 0.05) is 18.8 Å². The first-order valence-corrected chi connectivity index (χ1v) is 7.60. The highest BCUT2D eigenvalue weighted by Crippen LogP contribution is 2.27. The van der Waals surface area contributed by atoms with Gasteiger partial charge in [0.15, 0.2) is 0 Å². The monoisotopic (exact) mass is 303 g/mol. The summed E-state index contributed by atoms with van der Waals surface area (Å²) in [7, 11) is 0. The summed E-state index contributed by atoms with van der Waals surface area (Å²) in [4.78, 5) is 11.9. The Labute approximate surface area is 129 Å². The van der Waals surface area contributed by atoms with Gasteiger partial charge < -0.3 is 14.5 Å². The number of rotatable bonds is 5. The quantitative estimate of drug-likeness (QED) is 0.916. The average molecular weight is 303 g/mol. The van der Waals surface area contributed by atoms with Crippen LogP contribution in [0.15, 0.2) is 22.8 Å². The maximum absolute atomic E-state index is 11.9. The molecule has 2 aromatic heterocycles. The lowest BCUT2D eigenvalue weighted by Gasteiger charge is -2.10. The highest BCUT2D eigenvalue weighted by atomic mass is 16.5. The van der Waals surface area contributed by atoms with Crippen LogP contribution in [-0.2, 0) is 16.1 Å². The molecule has 3 rings (SSSR count). The Bertz CT molecular complexity index is 640. The van der Waals surface area contributed by atoms with E-state index < -0.39 is 0 Å². The van der Waals surface area contributed by atoms with E-state index >= 15 is 0 Å². The van der Waals surface area contributed by atoms with Crippen LogP contribution >= 0.6 is 0 Å². The molecule has 0 spiro atoms. The molecule has 1 N–H and O–H groups in total. The number of hydrogen-bond donors (Lipinski definition) is 1. The van der Waals surface area contributed by atoms with Crippen LogP contribution in [0.3, 0.4) is 0 Å². The summed E-state index contributed by atoms with van der Waals surface area (Å²) in [6, 6.07) is 3.80. The summed E-state index contributed by atoms with van der Waals surface area (Å²) >= 11 is 0. The number of carbonyl (C=O) groups excluding carboxylic acids is 1. The zero-order valence-corrected chi connectivity index (χ0v) is 13.0. The van der Waals surface area contributed by atoms with Crippen molar-refractivity contribution < 1.29 is 13.9 Å². The maximum atomic E-state index is 11.9. The standard InChI is InChI=1S/C16H21N3O3/c1-11-15(14-4-3-8-22-14)12(2)19(18-11)7-6-17-16(20)13-5-9-21-10-13/h3-4,8,13H,5-7,9-10H2,1-2H3,(H,17,20). The van der Waals surface area contributed by atoms with E-state index in [1.807, 2.05) is 30.7 Å². The van der Waals surface area contributed by atoms with Crippen molar-refractivity contribution >= 4 is 5.91 Å². The molecular formula is C16H21N3O3. The predicted octanol–water partition coefficient (Wildman–Crippen LogP) is 1.91. The molecule has 1 atom stereocenters. The molecule has 2 aromatic rings. The molecule has 0 saturated carbocycles. The zero-order chi connectivity index (χ0) is 15.5. The second-order valence-electron chi connectivity index (χ2n) is 5.60. The van der Waals surface area contributed by atoms with Gasteiger partial charge in [-0.15, -0.1) is 0 Å². The lowest BCUT2D eigenvalue weighted by Crippen LogP contribution is -2.33. The van der Waals surface area contributed by atoms with E-state index in [2.05, 4.69) is 10.4 Å². The van der Waals surface area contributed by atoms with Crippen molar-refractivity contribution in [2.75, 3.05) is 19.8 Å². The minimum Gasteiger partial charge on any atom is -0.464 e. The summed E-state index contributed by atoms with van der Waals surface area (Å²) < 4.78 is 12.6. The molecule has 1 unspecified atom stereocenters. The van der Waals surface area contributed by atoms with E-state index in [9.17, 15) is 4.79 Å². The van der Waals surface area contributed by atoms with E-state index in [0.717, 1.165) is 29.1 Å². The van der Waals surface area contributed by atoms with Gasteiger partial charge in [-0.25, -0.2) is 0 Å². The lowest BCUT2D eigenvalue weighted by molar-refractivity contribution is -0.124. The van der Waals surface area contributed by atoms with Crippen LogP contribution < -0.4 is 5.32 Å². The van der Waals surface area contributed by atoms with Crippen molar-refractivity contribution in [2.24, 2.45) is 5.92 Å². The fraction of sp³-hybridized carbons (Fsp3) is 0.500. The number of nitrogens with zero attached hydrogens (tertiary/aromatic N) is 2. The van der Waals surface area contributed by atoms with Gasteiger partial charge in [0.25, 0.3) is 0 Å². The number of carbonyl (C=O) groups is 1. The number of amides is 1. The Morgan fingerprint density at radius 3 is 3.05 bits per heavy atom. The largest absolute Gasteiger partial charge is 0.464 e. The Balaban J connectivity index is 1.61. The molecule has 118 valence electrons. The molecule has 0 radical (unpaired) electrons. The normalized spacial score (nSPS) is 17.8. The van der Waals surface area contributed by atoms with Gasteiger partial charge in [-0.3, -0.25) is 9.48 Å². The van der Waals surface area contributed by atoms with E-state index in [1.54, 1.807) is 6.26 Å².